The van der Waals surface area contributed by atoms with Gasteiger partial charge in [0.05, 0.1) is 32.7 Å². The summed E-state index contributed by atoms with van der Waals surface area (Å²) in [4.78, 5) is 12.8. The van der Waals surface area contributed by atoms with E-state index >= 15 is 0 Å². The summed E-state index contributed by atoms with van der Waals surface area (Å²) < 4.78 is 16.8. The molecule has 1 N–H and O–H groups in total. The average Bonchev–Trinajstić information content (AvgIpc) is 3.32. The molecular weight excluding hydrogens is 414 g/mol. The Morgan fingerprint density at radius 2 is 1.45 bits per heavy atom. The maximum Gasteiger partial charge on any atom is 0.146 e. The topological polar surface area (TPSA) is 69.3 Å². The van der Waals surface area contributed by atoms with E-state index in [2.05, 4.69) is 40.3 Å². The van der Waals surface area contributed by atoms with Gasteiger partial charge in [-0.05, 0) is 22.9 Å². The van der Waals surface area contributed by atoms with Crippen LogP contribution in [0.2, 0.25) is 0 Å². The lowest BCUT2D eigenvalue weighted by Crippen LogP contribution is -1.96. The number of nitrogens with zero attached hydrogens (tertiary/aromatic N) is 2. The molecule has 0 aliphatic rings. The number of rotatable bonds is 6. The van der Waals surface area contributed by atoms with Crippen LogP contribution in [0.4, 0.5) is 0 Å². The van der Waals surface area contributed by atoms with Gasteiger partial charge in [-0.2, -0.15) is 0 Å². The molecule has 3 aromatic carbocycles. The molecule has 0 aliphatic heterocycles. The third-order valence-corrected chi connectivity index (χ3v) is 5.67. The molecule has 0 atom stereocenters. The molecule has 5 aromatic rings. The molecule has 0 bridgehead atoms. The van der Waals surface area contributed by atoms with Crippen molar-refractivity contribution in [3.05, 3.63) is 79.1 Å². The number of aromatic amines is 1. The number of benzene rings is 3. The van der Waals surface area contributed by atoms with Gasteiger partial charge in [0.25, 0.3) is 0 Å². The fourth-order valence-electron chi connectivity index (χ4n) is 4.09. The van der Waals surface area contributed by atoms with Crippen molar-refractivity contribution in [1.82, 2.24) is 15.0 Å². The second-order valence-corrected chi connectivity index (χ2v) is 7.48. The van der Waals surface area contributed by atoms with Gasteiger partial charge >= 0.3 is 0 Å². The van der Waals surface area contributed by atoms with E-state index in [0.29, 0.717) is 23.1 Å². The first-order chi connectivity index (χ1) is 16.2. The van der Waals surface area contributed by atoms with Gasteiger partial charge in [-0.15, -0.1) is 0 Å². The first-order valence-corrected chi connectivity index (χ1v) is 10.5. The smallest absolute Gasteiger partial charge is 0.146 e. The van der Waals surface area contributed by atoms with Gasteiger partial charge in [0.15, 0.2) is 0 Å². The molecule has 0 unspecified atom stereocenters. The number of aromatic nitrogens is 3. The number of nitrogens with one attached hydrogen (secondary N) is 1. The predicted octanol–water partition coefficient (Wildman–Crippen LogP) is 5.98. The summed E-state index contributed by atoms with van der Waals surface area (Å²) in [6, 6.07) is 22.1. The molecule has 2 heterocycles. The van der Waals surface area contributed by atoms with Crippen molar-refractivity contribution in [1.29, 1.82) is 0 Å². The molecule has 0 fully saturated rings. The molecule has 6 nitrogen and oxygen atoms in total. The normalized spacial score (nSPS) is 10.9. The molecule has 5 rings (SSSR count). The van der Waals surface area contributed by atoms with Crippen molar-refractivity contribution in [2.75, 3.05) is 21.3 Å². The number of hydrogen-bond acceptors (Lipinski definition) is 5. The lowest BCUT2D eigenvalue weighted by atomic mass is 9.99. The Hall–Kier alpha value is -4.32. The SMILES string of the molecule is COc1cc(OC)c(-c2nc(-c3ccncc3)c(-c3cccc4ccccc34)[nH]2)c(OC)c1. The fourth-order valence-corrected chi connectivity index (χ4v) is 4.09. The summed E-state index contributed by atoms with van der Waals surface area (Å²) in [6.45, 7) is 0. The van der Waals surface area contributed by atoms with Crippen LogP contribution in [0, 0.1) is 0 Å². The number of pyridine rings is 1. The summed E-state index contributed by atoms with van der Waals surface area (Å²) >= 11 is 0. The van der Waals surface area contributed by atoms with Crippen LogP contribution >= 0.6 is 0 Å². The zero-order valence-corrected chi connectivity index (χ0v) is 18.6. The summed E-state index contributed by atoms with van der Waals surface area (Å²) in [6.07, 6.45) is 3.54. The Labute approximate surface area is 191 Å². The minimum absolute atomic E-state index is 0.602. The molecule has 0 spiro atoms. The number of ether oxygens (including phenoxy) is 3. The van der Waals surface area contributed by atoms with Crippen molar-refractivity contribution in [3.8, 4) is 51.2 Å². The van der Waals surface area contributed by atoms with Crippen molar-refractivity contribution in [3.63, 3.8) is 0 Å². The van der Waals surface area contributed by atoms with E-state index in [4.69, 9.17) is 19.2 Å². The van der Waals surface area contributed by atoms with Crippen LogP contribution in [0.5, 0.6) is 17.2 Å². The van der Waals surface area contributed by atoms with Crippen LogP contribution in [-0.2, 0) is 0 Å². The molecule has 0 saturated carbocycles. The van der Waals surface area contributed by atoms with Crippen LogP contribution in [-0.4, -0.2) is 36.3 Å². The summed E-state index contributed by atoms with van der Waals surface area (Å²) in [5, 5.41) is 2.30. The maximum absolute atomic E-state index is 5.69. The van der Waals surface area contributed by atoms with Gasteiger partial charge in [0.1, 0.15) is 28.6 Å². The summed E-state index contributed by atoms with van der Waals surface area (Å²) in [7, 11) is 4.85. The molecule has 0 saturated heterocycles. The highest BCUT2D eigenvalue weighted by atomic mass is 16.5. The molecular formula is C27H23N3O3. The van der Waals surface area contributed by atoms with Gasteiger partial charge in [0, 0.05) is 35.7 Å². The minimum Gasteiger partial charge on any atom is -0.496 e. The van der Waals surface area contributed by atoms with Crippen molar-refractivity contribution < 1.29 is 14.2 Å². The number of fused-ring (bicyclic) bond motifs is 1. The van der Waals surface area contributed by atoms with Crippen LogP contribution < -0.4 is 14.2 Å². The van der Waals surface area contributed by atoms with E-state index < -0.39 is 0 Å². The highest BCUT2D eigenvalue weighted by Crippen LogP contribution is 2.43. The van der Waals surface area contributed by atoms with E-state index in [9.17, 15) is 0 Å². The highest BCUT2D eigenvalue weighted by molar-refractivity contribution is 5.99. The maximum atomic E-state index is 5.69. The lowest BCUT2D eigenvalue weighted by molar-refractivity contribution is 0.377. The minimum atomic E-state index is 0.602. The van der Waals surface area contributed by atoms with E-state index in [-0.39, 0.29) is 0 Å². The van der Waals surface area contributed by atoms with Crippen LogP contribution in [0.15, 0.2) is 79.1 Å². The third-order valence-electron chi connectivity index (χ3n) is 5.67. The molecule has 0 radical (unpaired) electrons. The van der Waals surface area contributed by atoms with Gasteiger partial charge < -0.3 is 19.2 Å². The predicted molar refractivity (Wildman–Crippen MR) is 130 cm³/mol. The third kappa shape index (κ3) is 3.65. The Bertz CT molecular complexity index is 1400. The molecule has 0 amide bonds. The zero-order valence-electron chi connectivity index (χ0n) is 18.6. The van der Waals surface area contributed by atoms with Crippen molar-refractivity contribution in [2.24, 2.45) is 0 Å². The standard InChI is InChI=1S/C27H23N3O3/c1-31-19-15-22(32-2)24(23(16-19)33-3)27-29-25(18-11-13-28-14-12-18)26(30-27)21-10-6-8-17-7-4-5-9-20(17)21/h4-16H,1-3H3,(H,29,30). The van der Waals surface area contributed by atoms with Gasteiger partial charge in [-0.1, -0.05) is 42.5 Å². The molecule has 164 valence electrons. The molecule has 2 aromatic heterocycles. The van der Waals surface area contributed by atoms with E-state index in [1.54, 1.807) is 33.7 Å². The second-order valence-electron chi connectivity index (χ2n) is 7.48. The number of imidazole rings is 1. The number of methoxy groups -OCH3 is 3. The zero-order chi connectivity index (χ0) is 22.8. The number of hydrogen-bond donors (Lipinski definition) is 1. The molecule has 6 heteroatoms. The van der Waals surface area contributed by atoms with E-state index in [1.165, 1.54) is 0 Å². The monoisotopic (exact) mass is 437 g/mol. The Balaban J connectivity index is 1.80. The van der Waals surface area contributed by atoms with Crippen LogP contribution in [0.1, 0.15) is 0 Å². The largest absolute Gasteiger partial charge is 0.496 e. The van der Waals surface area contributed by atoms with Crippen molar-refractivity contribution >= 4 is 10.8 Å². The first-order valence-electron chi connectivity index (χ1n) is 10.5. The fraction of sp³-hybridized carbons (Fsp3) is 0.111. The van der Waals surface area contributed by atoms with E-state index in [1.807, 2.05) is 36.4 Å². The lowest BCUT2D eigenvalue weighted by Gasteiger charge is -2.13. The molecule has 0 aliphatic carbocycles. The summed E-state index contributed by atoms with van der Waals surface area (Å²) in [5.41, 5.74) is 4.48. The Morgan fingerprint density at radius 1 is 0.758 bits per heavy atom. The number of H-pyrrole nitrogens is 1. The highest BCUT2D eigenvalue weighted by Gasteiger charge is 2.22. The van der Waals surface area contributed by atoms with Gasteiger partial charge in [0.2, 0.25) is 0 Å². The first kappa shape index (κ1) is 20.6. The van der Waals surface area contributed by atoms with Gasteiger partial charge in [-0.3, -0.25) is 4.98 Å². The molecule has 33 heavy (non-hydrogen) atoms. The Kier molecular flexibility index (Phi) is 5.40. The van der Waals surface area contributed by atoms with E-state index in [0.717, 1.165) is 38.9 Å². The van der Waals surface area contributed by atoms with Crippen molar-refractivity contribution in [2.45, 2.75) is 0 Å². The summed E-state index contributed by atoms with van der Waals surface area (Å²) in [5.74, 6) is 2.49. The average molecular weight is 437 g/mol. The quantitative estimate of drug-likeness (QED) is 0.354. The second kappa shape index (κ2) is 8.67. The Morgan fingerprint density at radius 3 is 2.15 bits per heavy atom. The van der Waals surface area contributed by atoms with Crippen LogP contribution in [0.3, 0.4) is 0 Å². The van der Waals surface area contributed by atoms with Crippen LogP contribution in [0.25, 0.3) is 44.7 Å². The van der Waals surface area contributed by atoms with Gasteiger partial charge in [-0.25, -0.2) is 4.98 Å².